The molecule has 0 unspecified atom stereocenters. The Morgan fingerprint density at radius 2 is 2.04 bits per heavy atom. The van der Waals surface area contributed by atoms with Gasteiger partial charge in [0.05, 0.1) is 29.2 Å². The molecular formula is C15H15F3N2O3S. The minimum atomic E-state index is -4.46. The second-order valence-corrected chi connectivity index (χ2v) is 7.81. The highest BCUT2D eigenvalue weighted by Gasteiger charge is 2.40. The summed E-state index contributed by atoms with van der Waals surface area (Å²) in [7, 11) is -1.85. The fourth-order valence-corrected chi connectivity index (χ4v) is 4.81. The van der Waals surface area contributed by atoms with E-state index in [-0.39, 0.29) is 22.9 Å². The number of halogens is 3. The Bertz CT molecular complexity index is 846. The maximum absolute atomic E-state index is 12.9. The number of sulfone groups is 1. The number of ether oxygens (including phenoxy) is 1. The number of hydrogen-bond donors (Lipinski definition) is 0. The summed E-state index contributed by atoms with van der Waals surface area (Å²) in [6.07, 6.45) is -2.02. The van der Waals surface area contributed by atoms with E-state index in [4.69, 9.17) is 4.74 Å². The lowest BCUT2D eigenvalue weighted by Gasteiger charge is -2.20. The lowest BCUT2D eigenvalue weighted by atomic mass is 10.1. The van der Waals surface area contributed by atoms with Crippen LogP contribution >= 0.6 is 0 Å². The first-order valence-corrected chi connectivity index (χ1v) is 8.97. The number of benzene rings is 1. The first-order chi connectivity index (χ1) is 11.2. The summed E-state index contributed by atoms with van der Waals surface area (Å²) in [5.41, 5.74) is -0.508. The third-order valence-corrected chi connectivity index (χ3v) is 5.73. The highest BCUT2D eigenvalue weighted by Crippen LogP contribution is 2.34. The summed E-state index contributed by atoms with van der Waals surface area (Å²) in [5.74, 6) is 0.0348. The second kappa shape index (κ2) is 5.89. The minimum Gasteiger partial charge on any atom is -0.378 e. The van der Waals surface area contributed by atoms with Crippen molar-refractivity contribution in [2.45, 2.75) is 18.3 Å². The molecule has 9 heteroatoms. The molecule has 0 N–H and O–H groups in total. The topological polar surface area (TPSA) is 61.2 Å². The van der Waals surface area contributed by atoms with Crippen molar-refractivity contribution in [2.24, 2.45) is 0 Å². The van der Waals surface area contributed by atoms with Crippen molar-refractivity contribution in [3.63, 3.8) is 0 Å². The summed E-state index contributed by atoms with van der Waals surface area (Å²) in [4.78, 5) is 4.12. The monoisotopic (exact) mass is 360 g/mol. The Morgan fingerprint density at radius 3 is 2.71 bits per heavy atom. The fourth-order valence-electron chi connectivity index (χ4n) is 2.92. The van der Waals surface area contributed by atoms with Gasteiger partial charge in [-0.15, -0.1) is 0 Å². The molecule has 1 aromatic heterocycles. The number of nitrogens with zero attached hydrogens (tertiary/aromatic N) is 2. The van der Waals surface area contributed by atoms with Crippen LogP contribution in [0, 0.1) is 0 Å². The van der Waals surface area contributed by atoms with Gasteiger partial charge in [-0.3, -0.25) is 0 Å². The van der Waals surface area contributed by atoms with E-state index in [0.29, 0.717) is 0 Å². The van der Waals surface area contributed by atoms with Crippen molar-refractivity contribution < 1.29 is 26.3 Å². The van der Waals surface area contributed by atoms with Gasteiger partial charge in [0.1, 0.15) is 5.82 Å². The van der Waals surface area contributed by atoms with Crippen LogP contribution in [0.1, 0.15) is 11.6 Å². The summed E-state index contributed by atoms with van der Waals surface area (Å²) in [5, 5.41) is 0. The van der Waals surface area contributed by atoms with E-state index < -0.39 is 33.7 Å². The molecule has 1 aliphatic heterocycles. The predicted octanol–water partition coefficient (Wildman–Crippen LogP) is 2.55. The molecule has 0 saturated carbocycles. The van der Waals surface area contributed by atoms with E-state index in [1.807, 2.05) is 0 Å². The van der Waals surface area contributed by atoms with Gasteiger partial charge < -0.3 is 9.30 Å². The smallest absolute Gasteiger partial charge is 0.378 e. The third kappa shape index (κ3) is 3.18. The number of alkyl halides is 3. The number of methoxy groups -OCH3 is 1. The Morgan fingerprint density at radius 1 is 1.29 bits per heavy atom. The number of aromatic nitrogens is 2. The van der Waals surface area contributed by atoms with Crippen LogP contribution in [0.15, 0.2) is 36.7 Å². The molecule has 1 saturated heterocycles. The summed E-state index contributed by atoms with van der Waals surface area (Å²) in [6.45, 7) is 0. The second-order valence-electron chi connectivity index (χ2n) is 5.66. The van der Waals surface area contributed by atoms with Crippen LogP contribution in [0.5, 0.6) is 0 Å². The zero-order valence-corrected chi connectivity index (χ0v) is 13.5. The summed E-state index contributed by atoms with van der Waals surface area (Å²) >= 11 is 0. The van der Waals surface area contributed by atoms with E-state index in [2.05, 4.69) is 4.98 Å². The Hall–Kier alpha value is -1.87. The molecule has 0 spiro atoms. The number of rotatable bonds is 3. The van der Waals surface area contributed by atoms with E-state index in [1.165, 1.54) is 25.4 Å². The highest BCUT2D eigenvalue weighted by molar-refractivity contribution is 7.91. The molecule has 130 valence electrons. The van der Waals surface area contributed by atoms with Gasteiger partial charge in [-0.1, -0.05) is 12.1 Å². The first kappa shape index (κ1) is 17.0. The minimum absolute atomic E-state index is 0.117. The van der Waals surface area contributed by atoms with Crippen LogP contribution in [0.3, 0.4) is 0 Å². The molecule has 2 atom stereocenters. The van der Waals surface area contributed by atoms with Gasteiger partial charge >= 0.3 is 6.18 Å². The standard InChI is InChI=1S/C15H15F3N2O3S/c1-23-13-9-24(21,22)8-12(13)20-6-5-19-14(20)10-3-2-4-11(7-10)15(16,17)18/h2-7,12-13H,8-9H2,1H3/t12-,13-/m1/s1. The molecule has 1 aromatic carbocycles. The fraction of sp³-hybridized carbons (Fsp3) is 0.400. The van der Waals surface area contributed by atoms with Crippen LogP contribution in [0.4, 0.5) is 13.2 Å². The van der Waals surface area contributed by atoms with Crippen LogP contribution < -0.4 is 0 Å². The van der Waals surface area contributed by atoms with Gasteiger partial charge in [0.2, 0.25) is 0 Å². The lowest BCUT2D eigenvalue weighted by Crippen LogP contribution is -2.24. The van der Waals surface area contributed by atoms with E-state index in [0.717, 1.165) is 12.1 Å². The highest BCUT2D eigenvalue weighted by atomic mass is 32.2. The van der Waals surface area contributed by atoms with Crippen molar-refractivity contribution in [3.8, 4) is 11.4 Å². The summed E-state index contributed by atoms with van der Waals surface area (Å²) in [6, 6.07) is 4.28. The maximum atomic E-state index is 12.9. The van der Waals surface area contributed by atoms with Gasteiger partial charge in [-0.05, 0) is 12.1 Å². The van der Waals surface area contributed by atoms with Crippen LogP contribution in [0.2, 0.25) is 0 Å². The SMILES string of the molecule is CO[C@@H]1CS(=O)(=O)C[C@H]1n1ccnc1-c1cccc(C(F)(F)F)c1. The van der Waals surface area contributed by atoms with Gasteiger partial charge in [-0.25, -0.2) is 13.4 Å². The number of hydrogen-bond acceptors (Lipinski definition) is 4. The van der Waals surface area contributed by atoms with E-state index in [9.17, 15) is 21.6 Å². The summed E-state index contributed by atoms with van der Waals surface area (Å²) < 4.78 is 69.3. The predicted molar refractivity (Wildman–Crippen MR) is 81.2 cm³/mol. The third-order valence-electron chi connectivity index (χ3n) is 4.05. The van der Waals surface area contributed by atoms with Gasteiger partial charge in [0, 0.05) is 25.1 Å². The quantitative estimate of drug-likeness (QED) is 0.844. The van der Waals surface area contributed by atoms with Crippen molar-refractivity contribution >= 4 is 9.84 Å². The van der Waals surface area contributed by atoms with Crippen molar-refractivity contribution in [2.75, 3.05) is 18.6 Å². The number of imidazole rings is 1. The Balaban J connectivity index is 2.03. The van der Waals surface area contributed by atoms with E-state index in [1.54, 1.807) is 10.8 Å². The largest absolute Gasteiger partial charge is 0.416 e. The normalized spacial score (nSPS) is 23.5. The van der Waals surface area contributed by atoms with Crippen LogP contribution in [-0.4, -0.2) is 42.7 Å². The molecule has 1 aliphatic rings. The van der Waals surface area contributed by atoms with Crippen molar-refractivity contribution in [3.05, 3.63) is 42.2 Å². The molecule has 0 amide bonds. The molecule has 0 aliphatic carbocycles. The molecular weight excluding hydrogens is 345 g/mol. The molecule has 5 nitrogen and oxygen atoms in total. The Kier molecular flexibility index (Phi) is 4.16. The van der Waals surface area contributed by atoms with Gasteiger partial charge in [-0.2, -0.15) is 13.2 Å². The van der Waals surface area contributed by atoms with Crippen molar-refractivity contribution in [1.29, 1.82) is 0 Å². The molecule has 24 heavy (non-hydrogen) atoms. The average molecular weight is 360 g/mol. The van der Waals surface area contributed by atoms with Gasteiger partial charge in [0.25, 0.3) is 0 Å². The van der Waals surface area contributed by atoms with E-state index >= 15 is 0 Å². The molecule has 0 radical (unpaired) electrons. The molecule has 1 fully saturated rings. The van der Waals surface area contributed by atoms with Crippen LogP contribution in [0.25, 0.3) is 11.4 Å². The molecule has 0 bridgehead atoms. The first-order valence-electron chi connectivity index (χ1n) is 7.15. The Labute approximate surface area is 137 Å². The molecule has 2 heterocycles. The van der Waals surface area contributed by atoms with Crippen molar-refractivity contribution in [1.82, 2.24) is 9.55 Å². The zero-order valence-electron chi connectivity index (χ0n) is 12.7. The average Bonchev–Trinajstić information content (AvgIpc) is 3.10. The molecule has 3 rings (SSSR count). The van der Waals surface area contributed by atoms with Gasteiger partial charge in [0.15, 0.2) is 9.84 Å². The zero-order chi connectivity index (χ0) is 17.5. The lowest BCUT2D eigenvalue weighted by molar-refractivity contribution is -0.137. The maximum Gasteiger partial charge on any atom is 0.416 e. The molecule has 2 aromatic rings. The van der Waals surface area contributed by atoms with Crippen LogP contribution in [-0.2, 0) is 20.8 Å².